The molecule has 0 bridgehead atoms. The van der Waals surface area contributed by atoms with Crippen LogP contribution in [0, 0.1) is 6.07 Å². The molecule has 0 N–H and O–H groups in total. The van der Waals surface area contributed by atoms with Crippen molar-refractivity contribution in [2.75, 3.05) is 26.0 Å². The van der Waals surface area contributed by atoms with Crippen LogP contribution in [-0.4, -0.2) is 26.0 Å². The molecule has 0 heterocycles. The first-order valence-corrected chi connectivity index (χ1v) is 8.90. The van der Waals surface area contributed by atoms with Gasteiger partial charge in [0.2, 0.25) is 0 Å². The smallest absolute Gasteiger partial charge is 0.330 e. The molecule has 0 aromatic heterocycles. The van der Waals surface area contributed by atoms with E-state index in [2.05, 4.69) is 6.07 Å². The normalized spacial score (nSPS) is 11.5. The first-order valence-electron chi connectivity index (χ1n) is 7.17. The number of hydrogen-bond acceptors (Lipinski definition) is 4. The van der Waals surface area contributed by atoms with Crippen LogP contribution >= 0.6 is 7.60 Å². The van der Waals surface area contributed by atoms with Crippen molar-refractivity contribution in [3.05, 3.63) is 30.3 Å². The minimum absolute atomic E-state index is 0.422. The molecule has 0 saturated carbocycles. The first-order chi connectivity index (χ1) is 9.70. The molecule has 0 amide bonds. The molecule has 0 aliphatic rings. The van der Waals surface area contributed by atoms with Gasteiger partial charge in [0.05, 0.1) is 26.0 Å². The van der Waals surface area contributed by atoms with E-state index in [0.29, 0.717) is 26.0 Å². The summed E-state index contributed by atoms with van der Waals surface area (Å²) in [6, 6.07) is 10.4. The molecule has 0 spiro atoms. The molecule has 113 valence electrons. The standard InChI is InChI=1S/C15H24O4P/c1-3-18-20(16,19-4-2)14-10-6-9-13-17-15-11-7-5-8-12-15/h7-8,11-12H,3-4,6,9-10,13-14H2,1-2H3. The molecule has 4 nitrogen and oxygen atoms in total. The summed E-state index contributed by atoms with van der Waals surface area (Å²) in [4.78, 5) is 0. The van der Waals surface area contributed by atoms with E-state index < -0.39 is 7.60 Å². The molecule has 1 rings (SSSR count). The molecule has 20 heavy (non-hydrogen) atoms. The molecule has 0 unspecified atom stereocenters. The Morgan fingerprint density at radius 1 is 1.05 bits per heavy atom. The van der Waals surface area contributed by atoms with Gasteiger partial charge in [-0.3, -0.25) is 4.57 Å². The Kier molecular flexibility index (Phi) is 8.59. The van der Waals surface area contributed by atoms with E-state index >= 15 is 0 Å². The van der Waals surface area contributed by atoms with Crippen LogP contribution < -0.4 is 4.74 Å². The lowest BCUT2D eigenvalue weighted by Gasteiger charge is -2.16. The van der Waals surface area contributed by atoms with Gasteiger partial charge in [-0.05, 0) is 51.3 Å². The highest BCUT2D eigenvalue weighted by Gasteiger charge is 2.22. The van der Waals surface area contributed by atoms with Crippen molar-refractivity contribution in [2.45, 2.75) is 33.1 Å². The second-order valence-electron chi connectivity index (χ2n) is 4.31. The maximum absolute atomic E-state index is 12.2. The lowest BCUT2D eigenvalue weighted by atomic mass is 10.3. The fourth-order valence-electron chi connectivity index (χ4n) is 1.80. The third kappa shape index (κ3) is 7.09. The molecule has 0 atom stereocenters. The average molecular weight is 299 g/mol. The first kappa shape index (κ1) is 17.2. The zero-order valence-corrected chi connectivity index (χ0v) is 13.2. The van der Waals surface area contributed by atoms with Crippen LogP contribution in [0.15, 0.2) is 24.3 Å². The van der Waals surface area contributed by atoms with Crippen LogP contribution in [0.5, 0.6) is 5.75 Å². The lowest BCUT2D eigenvalue weighted by molar-refractivity contribution is 0.219. The highest BCUT2D eigenvalue weighted by atomic mass is 31.2. The van der Waals surface area contributed by atoms with Crippen molar-refractivity contribution in [1.82, 2.24) is 0 Å². The van der Waals surface area contributed by atoms with Gasteiger partial charge in [0.25, 0.3) is 0 Å². The highest BCUT2D eigenvalue weighted by molar-refractivity contribution is 7.53. The molecule has 0 saturated heterocycles. The summed E-state index contributed by atoms with van der Waals surface area (Å²) in [7, 11) is -2.87. The number of ether oxygens (including phenoxy) is 1. The Morgan fingerprint density at radius 3 is 2.30 bits per heavy atom. The van der Waals surface area contributed by atoms with Crippen molar-refractivity contribution in [3.8, 4) is 5.75 Å². The third-order valence-electron chi connectivity index (χ3n) is 2.68. The van der Waals surface area contributed by atoms with Crippen molar-refractivity contribution < 1.29 is 18.3 Å². The predicted molar refractivity (Wildman–Crippen MR) is 80.3 cm³/mol. The SMILES string of the molecule is CCOP(=O)(CCCCCOc1cc[c]cc1)OCC. The lowest BCUT2D eigenvalue weighted by Crippen LogP contribution is -2.02. The minimum atomic E-state index is -2.87. The van der Waals surface area contributed by atoms with E-state index in [4.69, 9.17) is 13.8 Å². The third-order valence-corrected chi connectivity index (χ3v) is 4.85. The summed E-state index contributed by atoms with van der Waals surface area (Å²) in [5.74, 6) is 0.859. The molecule has 0 aliphatic carbocycles. The molecular weight excluding hydrogens is 275 g/mol. The van der Waals surface area contributed by atoms with Gasteiger partial charge in [-0.1, -0.05) is 12.1 Å². The van der Waals surface area contributed by atoms with Crippen LogP contribution in [0.25, 0.3) is 0 Å². The van der Waals surface area contributed by atoms with E-state index in [0.717, 1.165) is 25.0 Å². The Labute approximate surface area is 122 Å². The number of unbranched alkanes of at least 4 members (excludes halogenated alkanes) is 2. The van der Waals surface area contributed by atoms with E-state index in [1.54, 1.807) is 0 Å². The van der Waals surface area contributed by atoms with Crippen molar-refractivity contribution in [2.24, 2.45) is 0 Å². The van der Waals surface area contributed by atoms with Crippen molar-refractivity contribution in [3.63, 3.8) is 0 Å². The Hall–Kier alpha value is -0.830. The van der Waals surface area contributed by atoms with Gasteiger partial charge in [0.1, 0.15) is 5.75 Å². The van der Waals surface area contributed by atoms with Crippen LogP contribution in [0.1, 0.15) is 33.1 Å². The average Bonchev–Trinajstić information content (AvgIpc) is 2.44. The maximum Gasteiger partial charge on any atom is 0.330 e. The summed E-state index contributed by atoms with van der Waals surface area (Å²) in [6.45, 7) is 5.17. The van der Waals surface area contributed by atoms with Gasteiger partial charge in [-0.25, -0.2) is 0 Å². The van der Waals surface area contributed by atoms with Crippen LogP contribution in [0.3, 0.4) is 0 Å². The largest absolute Gasteiger partial charge is 0.494 e. The fraction of sp³-hybridized carbons (Fsp3) is 0.600. The summed E-state index contributed by atoms with van der Waals surface area (Å²) in [6.07, 6.45) is 3.18. The zero-order chi connectivity index (χ0) is 14.7. The van der Waals surface area contributed by atoms with Crippen LogP contribution in [-0.2, 0) is 13.6 Å². The quantitative estimate of drug-likeness (QED) is 0.451. The van der Waals surface area contributed by atoms with Gasteiger partial charge in [0, 0.05) is 0 Å². The number of rotatable bonds is 11. The maximum atomic E-state index is 12.2. The van der Waals surface area contributed by atoms with Crippen molar-refractivity contribution >= 4 is 7.60 Å². The Morgan fingerprint density at radius 2 is 1.70 bits per heavy atom. The molecule has 1 radical (unpaired) electrons. The minimum Gasteiger partial charge on any atom is -0.494 e. The second kappa shape index (κ2) is 9.98. The monoisotopic (exact) mass is 299 g/mol. The number of hydrogen-bond donors (Lipinski definition) is 0. The molecule has 0 fully saturated rings. The fourth-order valence-corrected chi connectivity index (χ4v) is 3.53. The van der Waals surface area contributed by atoms with Crippen molar-refractivity contribution in [1.29, 1.82) is 0 Å². The predicted octanol–water partition coefficient (Wildman–Crippen LogP) is 4.30. The van der Waals surface area contributed by atoms with Gasteiger partial charge in [-0.15, -0.1) is 0 Å². The summed E-state index contributed by atoms with van der Waals surface area (Å²) >= 11 is 0. The van der Waals surface area contributed by atoms with E-state index in [9.17, 15) is 4.57 Å². The molecule has 0 aliphatic heterocycles. The summed E-state index contributed by atoms with van der Waals surface area (Å²) in [5.41, 5.74) is 0. The van der Waals surface area contributed by atoms with Gasteiger partial charge in [0.15, 0.2) is 0 Å². The van der Waals surface area contributed by atoms with Crippen LogP contribution in [0.2, 0.25) is 0 Å². The summed E-state index contributed by atoms with van der Waals surface area (Å²) in [5, 5.41) is 0. The Bertz CT molecular complexity index is 384. The van der Waals surface area contributed by atoms with Gasteiger partial charge in [-0.2, -0.15) is 0 Å². The second-order valence-corrected chi connectivity index (χ2v) is 6.50. The zero-order valence-electron chi connectivity index (χ0n) is 12.3. The van der Waals surface area contributed by atoms with Gasteiger partial charge >= 0.3 is 7.60 Å². The highest BCUT2D eigenvalue weighted by Crippen LogP contribution is 2.48. The van der Waals surface area contributed by atoms with Crippen LogP contribution in [0.4, 0.5) is 0 Å². The molecule has 1 aromatic carbocycles. The van der Waals surface area contributed by atoms with Gasteiger partial charge < -0.3 is 13.8 Å². The topological polar surface area (TPSA) is 44.8 Å². The van der Waals surface area contributed by atoms with E-state index in [1.807, 2.05) is 38.1 Å². The van der Waals surface area contributed by atoms with E-state index in [-0.39, 0.29) is 0 Å². The summed E-state index contributed by atoms with van der Waals surface area (Å²) < 4.78 is 28.3. The Balaban J connectivity index is 2.13. The van der Waals surface area contributed by atoms with E-state index in [1.165, 1.54) is 0 Å². The molecular formula is C15H24O4P. The number of benzene rings is 1. The molecule has 1 aromatic rings. The molecule has 5 heteroatoms.